The van der Waals surface area contributed by atoms with Gasteiger partial charge in [-0.25, -0.2) is 4.79 Å². The molecule has 0 unspecified atom stereocenters. The van der Waals surface area contributed by atoms with Crippen molar-refractivity contribution >= 4 is 17.6 Å². The van der Waals surface area contributed by atoms with Crippen molar-refractivity contribution in [1.82, 2.24) is 5.32 Å². The Bertz CT molecular complexity index is 754. The number of carbonyl (C=O) groups excluding carboxylic acids is 2. The predicted molar refractivity (Wildman–Crippen MR) is 83.6 cm³/mol. The van der Waals surface area contributed by atoms with E-state index in [1.54, 1.807) is 26.0 Å². The molecule has 0 fully saturated rings. The van der Waals surface area contributed by atoms with Gasteiger partial charge >= 0.3 is 5.97 Å². The SMILES string of the molecule is CCOC(=O)c1cc(C(=O)N[C@H](C)c2ccco2)cc([N+](=O)[O-])c1. The summed E-state index contributed by atoms with van der Waals surface area (Å²) in [6.45, 7) is 3.45. The summed E-state index contributed by atoms with van der Waals surface area (Å²) >= 11 is 0. The Morgan fingerprint density at radius 2 is 2.04 bits per heavy atom. The number of carbonyl (C=O) groups is 2. The molecule has 0 aliphatic carbocycles. The molecular weight excluding hydrogens is 316 g/mol. The standard InChI is InChI=1S/C16H16N2O6/c1-3-23-16(20)12-7-11(8-13(9-12)18(21)22)15(19)17-10(2)14-5-4-6-24-14/h4-10H,3H2,1-2H3,(H,17,19)/t10-/m1/s1. The average molecular weight is 332 g/mol. The Kier molecular flexibility index (Phi) is 5.31. The van der Waals surface area contributed by atoms with E-state index in [2.05, 4.69) is 5.32 Å². The van der Waals surface area contributed by atoms with Crippen LogP contribution in [0.3, 0.4) is 0 Å². The molecule has 0 aliphatic rings. The molecule has 2 aromatic rings. The number of ether oxygens (including phenoxy) is 1. The lowest BCUT2D eigenvalue weighted by atomic mass is 10.1. The Balaban J connectivity index is 2.28. The van der Waals surface area contributed by atoms with Crippen LogP contribution in [0.4, 0.5) is 5.69 Å². The molecule has 1 aromatic heterocycles. The lowest BCUT2D eigenvalue weighted by Crippen LogP contribution is -2.26. The second-order valence-corrected chi connectivity index (χ2v) is 4.96. The van der Waals surface area contributed by atoms with Crippen molar-refractivity contribution in [1.29, 1.82) is 0 Å². The van der Waals surface area contributed by atoms with Crippen LogP contribution in [0.2, 0.25) is 0 Å². The van der Waals surface area contributed by atoms with Crippen molar-refractivity contribution in [2.75, 3.05) is 6.61 Å². The summed E-state index contributed by atoms with van der Waals surface area (Å²) in [5.41, 5.74) is -0.427. The van der Waals surface area contributed by atoms with E-state index in [9.17, 15) is 19.7 Å². The summed E-state index contributed by atoms with van der Waals surface area (Å²) in [6.07, 6.45) is 1.48. The molecule has 8 nitrogen and oxygen atoms in total. The molecule has 0 radical (unpaired) electrons. The van der Waals surface area contributed by atoms with Crippen molar-refractivity contribution in [3.05, 3.63) is 63.6 Å². The first-order chi connectivity index (χ1) is 11.4. The van der Waals surface area contributed by atoms with Gasteiger partial charge in [0, 0.05) is 17.7 Å². The molecule has 0 aliphatic heterocycles. The second kappa shape index (κ2) is 7.40. The van der Waals surface area contributed by atoms with Crippen LogP contribution < -0.4 is 5.32 Å². The predicted octanol–water partition coefficient (Wildman–Crippen LogP) is 2.86. The van der Waals surface area contributed by atoms with Crippen LogP contribution in [0.25, 0.3) is 0 Å². The summed E-state index contributed by atoms with van der Waals surface area (Å²) in [6, 6.07) is 6.39. The van der Waals surface area contributed by atoms with Gasteiger partial charge in [0.25, 0.3) is 11.6 Å². The molecule has 2 rings (SSSR count). The smallest absolute Gasteiger partial charge is 0.338 e. The van der Waals surface area contributed by atoms with Gasteiger partial charge in [0.1, 0.15) is 5.76 Å². The third-order valence-electron chi connectivity index (χ3n) is 3.22. The maximum Gasteiger partial charge on any atom is 0.338 e. The number of rotatable bonds is 6. The van der Waals surface area contributed by atoms with Crippen molar-refractivity contribution in [3.63, 3.8) is 0 Å². The van der Waals surface area contributed by atoms with E-state index >= 15 is 0 Å². The minimum atomic E-state index is -0.727. The van der Waals surface area contributed by atoms with Crippen LogP contribution in [0, 0.1) is 10.1 Å². The zero-order chi connectivity index (χ0) is 17.7. The lowest BCUT2D eigenvalue weighted by Gasteiger charge is -2.12. The van der Waals surface area contributed by atoms with E-state index in [4.69, 9.17) is 9.15 Å². The zero-order valence-corrected chi connectivity index (χ0v) is 13.1. The van der Waals surface area contributed by atoms with Crippen LogP contribution in [0.1, 0.15) is 46.4 Å². The molecule has 1 aromatic carbocycles. The largest absolute Gasteiger partial charge is 0.467 e. The highest BCUT2D eigenvalue weighted by Crippen LogP contribution is 2.20. The van der Waals surface area contributed by atoms with E-state index in [0.29, 0.717) is 5.76 Å². The van der Waals surface area contributed by atoms with E-state index in [1.807, 2.05) is 0 Å². The fourth-order valence-electron chi connectivity index (χ4n) is 2.07. The highest BCUT2D eigenvalue weighted by molar-refractivity contribution is 5.99. The molecule has 0 saturated heterocycles. The first-order valence-electron chi connectivity index (χ1n) is 7.23. The molecule has 1 atom stereocenters. The minimum Gasteiger partial charge on any atom is -0.467 e. The van der Waals surface area contributed by atoms with Crippen molar-refractivity contribution < 1.29 is 23.7 Å². The maximum absolute atomic E-state index is 12.3. The second-order valence-electron chi connectivity index (χ2n) is 4.96. The van der Waals surface area contributed by atoms with Crippen LogP contribution >= 0.6 is 0 Å². The van der Waals surface area contributed by atoms with Gasteiger partial charge in [0.05, 0.1) is 29.4 Å². The summed E-state index contributed by atoms with van der Waals surface area (Å²) in [5.74, 6) is -0.748. The summed E-state index contributed by atoms with van der Waals surface area (Å²) < 4.78 is 10.0. The molecule has 0 saturated carbocycles. The first kappa shape index (κ1) is 17.2. The third kappa shape index (κ3) is 3.97. The van der Waals surface area contributed by atoms with E-state index < -0.39 is 22.8 Å². The molecule has 0 bridgehead atoms. The number of nitro benzene ring substituents is 1. The highest BCUT2D eigenvalue weighted by Gasteiger charge is 2.20. The number of amides is 1. The lowest BCUT2D eigenvalue weighted by molar-refractivity contribution is -0.384. The molecule has 126 valence electrons. The number of furan rings is 1. The maximum atomic E-state index is 12.3. The van der Waals surface area contributed by atoms with Crippen LogP contribution in [0.15, 0.2) is 41.0 Å². The van der Waals surface area contributed by atoms with Crippen molar-refractivity contribution in [2.45, 2.75) is 19.9 Å². The summed E-state index contributed by atoms with van der Waals surface area (Å²) in [7, 11) is 0. The van der Waals surface area contributed by atoms with Gasteiger partial charge in [0.2, 0.25) is 0 Å². The number of nitrogens with zero attached hydrogens (tertiary/aromatic N) is 1. The first-order valence-corrected chi connectivity index (χ1v) is 7.23. The topological polar surface area (TPSA) is 112 Å². The van der Waals surface area contributed by atoms with E-state index in [0.717, 1.165) is 12.1 Å². The number of nitrogens with one attached hydrogen (secondary N) is 1. The van der Waals surface area contributed by atoms with Gasteiger partial charge in [-0.05, 0) is 32.0 Å². The Morgan fingerprint density at radius 3 is 2.62 bits per heavy atom. The third-order valence-corrected chi connectivity index (χ3v) is 3.22. The van der Waals surface area contributed by atoms with Crippen LogP contribution in [-0.2, 0) is 4.74 Å². The quantitative estimate of drug-likeness (QED) is 0.494. The number of nitro groups is 1. The summed E-state index contributed by atoms with van der Waals surface area (Å²) in [4.78, 5) is 34.5. The fourth-order valence-corrected chi connectivity index (χ4v) is 2.07. The molecule has 1 amide bonds. The number of esters is 1. The zero-order valence-electron chi connectivity index (χ0n) is 13.1. The summed E-state index contributed by atoms with van der Waals surface area (Å²) in [5, 5.41) is 13.7. The number of benzene rings is 1. The Hall–Kier alpha value is -3.16. The highest BCUT2D eigenvalue weighted by atomic mass is 16.6. The molecule has 8 heteroatoms. The Labute approximate surface area is 137 Å². The number of non-ortho nitro benzene ring substituents is 1. The van der Waals surface area contributed by atoms with Crippen LogP contribution in [0.5, 0.6) is 0 Å². The minimum absolute atomic E-state index is 0.00865. The molecule has 0 spiro atoms. The van der Waals surface area contributed by atoms with Gasteiger partial charge in [0.15, 0.2) is 0 Å². The van der Waals surface area contributed by atoms with Crippen LogP contribution in [-0.4, -0.2) is 23.4 Å². The molecular formula is C16H16N2O6. The van der Waals surface area contributed by atoms with Gasteiger partial charge in [-0.3, -0.25) is 14.9 Å². The van der Waals surface area contributed by atoms with Gasteiger partial charge < -0.3 is 14.5 Å². The average Bonchev–Trinajstić information content (AvgIpc) is 3.09. The fraction of sp³-hybridized carbons (Fsp3) is 0.250. The van der Waals surface area contributed by atoms with E-state index in [-0.39, 0.29) is 23.4 Å². The monoisotopic (exact) mass is 332 g/mol. The normalized spacial score (nSPS) is 11.6. The van der Waals surface area contributed by atoms with Crippen molar-refractivity contribution in [2.24, 2.45) is 0 Å². The molecule has 24 heavy (non-hydrogen) atoms. The van der Waals surface area contributed by atoms with Crippen molar-refractivity contribution in [3.8, 4) is 0 Å². The van der Waals surface area contributed by atoms with Gasteiger partial charge in [-0.1, -0.05) is 0 Å². The number of hydrogen-bond donors (Lipinski definition) is 1. The van der Waals surface area contributed by atoms with Gasteiger partial charge in [-0.2, -0.15) is 0 Å². The van der Waals surface area contributed by atoms with Gasteiger partial charge in [-0.15, -0.1) is 0 Å². The molecule has 1 heterocycles. The number of hydrogen-bond acceptors (Lipinski definition) is 6. The van der Waals surface area contributed by atoms with E-state index in [1.165, 1.54) is 12.3 Å². The Morgan fingerprint density at radius 1 is 1.33 bits per heavy atom. The molecule has 1 N–H and O–H groups in total.